The Morgan fingerprint density at radius 1 is 1.24 bits per heavy atom. The summed E-state index contributed by atoms with van der Waals surface area (Å²) in [6.45, 7) is 0.811. The highest BCUT2D eigenvalue weighted by Crippen LogP contribution is 2.19. The molecular formula is C14H21NO2. The number of hydrogen-bond acceptors (Lipinski definition) is 3. The van der Waals surface area contributed by atoms with E-state index in [2.05, 4.69) is 17.4 Å². The molecule has 0 radical (unpaired) electrons. The molecule has 2 rings (SSSR count). The zero-order valence-electron chi connectivity index (χ0n) is 10.4. The van der Waals surface area contributed by atoms with Crippen molar-refractivity contribution < 1.29 is 9.84 Å². The second kappa shape index (κ2) is 6.03. The Bertz CT molecular complexity index is 337. The van der Waals surface area contributed by atoms with Gasteiger partial charge in [0.1, 0.15) is 5.75 Å². The third kappa shape index (κ3) is 3.45. The van der Waals surface area contributed by atoms with E-state index in [0.717, 1.165) is 31.6 Å². The van der Waals surface area contributed by atoms with E-state index in [1.54, 1.807) is 7.11 Å². The Kier molecular flexibility index (Phi) is 4.40. The van der Waals surface area contributed by atoms with Crippen LogP contribution in [0.1, 0.15) is 31.2 Å². The van der Waals surface area contributed by atoms with Gasteiger partial charge in [0.05, 0.1) is 13.2 Å². The average Bonchev–Trinajstić information content (AvgIpc) is 2.38. The van der Waals surface area contributed by atoms with Crippen LogP contribution in [0, 0.1) is 0 Å². The van der Waals surface area contributed by atoms with Crippen molar-refractivity contribution in [1.29, 1.82) is 0 Å². The topological polar surface area (TPSA) is 41.5 Å². The van der Waals surface area contributed by atoms with Crippen LogP contribution in [0.25, 0.3) is 0 Å². The Morgan fingerprint density at radius 2 is 1.94 bits per heavy atom. The van der Waals surface area contributed by atoms with Crippen LogP contribution < -0.4 is 10.1 Å². The number of methoxy groups -OCH3 is 1. The van der Waals surface area contributed by atoms with Crippen molar-refractivity contribution in [2.75, 3.05) is 7.11 Å². The summed E-state index contributed by atoms with van der Waals surface area (Å²) >= 11 is 0. The molecular weight excluding hydrogens is 214 g/mol. The minimum atomic E-state index is -0.179. The molecule has 0 bridgehead atoms. The van der Waals surface area contributed by atoms with Crippen molar-refractivity contribution in [3.63, 3.8) is 0 Å². The molecule has 17 heavy (non-hydrogen) atoms. The number of ether oxygens (including phenoxy) is 1. The van der Waals surface area contributed by atoms with Crippen LogP contribution in [0.2, 0.25) is 0 Å². The van der Waals surface area contributed by atoms with Gasteiger partial charge in [0.25, 0.3) is 0 Å². The summed E-state index contributed by atoms with van der Waals surface area (Å²) in [6, 6.07) is 8.30. The van der Waals surface area contributed by atoms with Crippen LogP contribution in [0.15, 0.2) is 24.3 Å². The molecule has 0 amide bonds. The molecule has 0 aliphatic heterocycles. The van der Waals surface area contributed by atoms with Gasteiger partial charge in [0.15, 0.2) is 0 Å². The molecule has 1 aliphatic rings. The van der Waals surface area contributed by atoms with E-state index in [1.807, 2.05) is 12.1 Å². The molecule has 0 saturated heterocycles. The molecule has 3 heteroatoms. The molecule has 0 aromatic heterocycles. The predicted molar refractivity (Wildman–Crippen MR) is 68.1 cm³/mol. The fourth-order valence-corrected chi connectivity index (χ4v) is 2.34. The molecule has 1 saturated carbocycles. The zero-order valence-corrected chi connectivity index (χ0v) is 10.4. The fourth-order valence-electron chi connectivity index (χ4n) is 2.34. The van der Waals surface area contributed by atoms with Crippen molar-refractivity contribution in [1.82, 2.24) is 5.32 Å². The molecule has 0 heterocycles. The van der Waals surface area contributed by atoms with Crippen LogP contribution in [0.4, 0.5) is 0 Å². The van der Waals surface area contributed by atoms with Gasteiger partial charge in [-0.1, -0.05) is 25.0 Å². The van der Waals surface area contributed by atoms with Crippen LogP contribution in [0.3, 0.4) is 0 Å². The molecule has 3 nitrogen and oxygen atoms in total. The maximum atomic E-state index is 9.85. The lowest BCUT2D eigenvalue weighted by atomic mass is 9.92. The van der Waals surface area contributed by atoms with Gasteiger partial charge in [-0.05, 0) is 30.5 Å². The summed E-state index contributed by atoms with van der Waals surface area (Å²) in [7, 11) is 1.67. The number of aliphatic hydroxyl groups excluding tert-OH is 1. The third-order valence-corrected chi connectivity index (χ3v) is 3.46. The lowest BCUT2D eigenvalue weighted by Crippen LogP contribution is -2.41. The van der Waals surface area contributed by atoms with Gasteiger partial charge in [-0.3, -0.25) is 0 Å². The van der Waals surface area contributed by atoms with Crippen molar-refractivity contribution in [2.24, 2.45) is 0 Å². The van der Waals surface area contributed by atoms with E-state index < -0.39 is 0 Å². The van der Waals surface area contributed by atoms with Gasteiger partial charge in [0.2, 0.25) is 0 Å². The number of aliphatic hydroxyl groups is 1. The number of hydrogen-bond donors (Lipinski definition) is 2. The molecule has 1 aliphatic carbocycles. The summed E-state index contributed by atoms with van der Waals surface area (Å²) in [5.74, 6) is 0.881. The molecule has 94 valence electrons. The highest BCUT2D eigenvalue weighted by atomic mass is 16.5. The van der Waals surface area contributed by atoms with Crippen LogP contribution in [0.5, 0.6) is 5.75 Å². The maximum absolute atomic E-state index is 9.85. The first-order valence-corrected chi connectivity index (χ1v) is 6.34. The van der Waals surface area contributed by atoms with E-state index in [0.29, 0.717) is 0 Å². The molecule has 1 aromatic rings. The van der Waals surface area contributed by atoms with Gasteiger partial charge < -0.3 is 15.2 Å². The monoisotopic (exact) mass is 235 g/mol. The van der Waals surface area contributed by atoms with Crippen LogP contribution in [-0.4, -0.2) is 24.4 Å². The molecule has 2 unspecified atom stereocenters. The quantitative estimate of drug-likeness (QED) is 0.839. The van der Waals surface area contributed by atoms with E-state index in [9.17, 15) is 5.11 Å². The van der Waals surface area contributed by atoms with E-state index in [-0.39, 0.29) is 12.1 Å². The molecule has 1 fully saturated rings. The SMILES string of the molecule is COc1ccc(CNC2CCCCC2O)cc1. The van der Waals surface area contributed by atoms with Gasteiger partial charge in [-0.25, -0.2) is 0 Å². The van der Waals surface area contributed by atoms with E-state index >= 15 is 0 Å². The van der Waals surface area contributed by atoms with Crippen LogP contribution >= 0.6 is 0 Å². The Morgan fingerprint density at radius 3 is 2.59 bits per heavy atom. The van der Waals surface area contributed by atoms with E-state index in [4.69, 9.17) is 4.74 Å². The lowest BCUT2D eigenvalue weighted by Gasteiger charge is -2.28. The normalized spacial score (nSPS) is 24.6. The Labute approximate surface area is 103 Å². The van der Waals surface area contributed by atoms with Crippen molar-refractivity contribution in [2.45, 2.75) is 44.4 Å². The first kappa shape index (κ1) is 12.4. The molecule has 2 atom stereocenters. The highest BCUT2D eigenvalue weighted by molar-refractivity contribution is 5.27. The fraction of sp³-hybridized carbons (Fsp3) is 0.571. The minimum Gasteiger partial charge on any atom is -0.497 e. The number of rotatable bonds is 4. The highest BCUT2D eigenvalue weighted by Gasteiger charge is 2.21. The van der Waals surface area contributed by atoms with Gasteiger partial charge in [0, 0.05) is 12.6 Å². The summed E-state index contributed by atoms with van der Waals surface area (Å²) in [5.41, 5.74) is 1.23. The summed E-state index contributed by atoms with van der Waals surface area (Å²) in [4.78, 5) is 0. The van der Waals surface area contributed by atoms with E-state index in [1.165, 1.54) is 12.0 Å². The lowest BCUT2D eigenvalue weighted by molar-refractivity contribution is 0.0902. The predicted octanol–water partition coefficient (Wildman–Crippen LogP) is 2.09. The number of nitrogens with one attached hydrogen (secondary N) is 1. The van der Waals surface area contributed by atoms with Gasteiger partial charge >= 0.3 is 0 Å². The first-order valence-electron chi connectivity index (χ1n) is 6.34. The van der Waals surface area contributed by atoms with Crippen molar-refractivity contribution in [3.8, 4) is 5.75 Å². The Balaban J connectivity index is 1.84. The van der Waals surface area contributed by atoms with Crippen LogP contribution in [-0.2, 0) is 6.54 Å². The summed E-state index contributed by atoms with van der Waals surface area (Å²) < 4.78 is 5.12. The third-order valence-electron chi connectivity index (χ3n) is 3.46. The second-order valence-electron chi connectivity index (χ2n) is 4.69. The second-order valence-corrected chi connectivity index (χ2v) is 4.69. The average molecular weight is 235 g/mol. The molecule has 1 aromatic carbocycles. The van der Waals surface area contributed by atoms with Gasteiger partial charge in [-0.2, -0.15) is 0 Å². The largest absolute Gasteiger partial charge is 0.497 e. The minimum absolute atomic E-state index is 0.179. The number of benzene rings is 1. The standard InChI is InChI=1S/C14H21NO2/c1-17-12-8-6-11(7-9-12)10-15-13-4-2-3-5-14(13)16/h6-9,13-16H,2-5,10H2,1H3. The summed E-state index contributed by atoms with van der Waals surface area (Å²) in [5, 5.41) is 13.3. The smallest absolute Gasteiger partial charge is 0.118 e. The first-order chi connectivity index (χ1) is 8.29. The maximum Gasteiger partial charge on any atom is 0.118 e. The Hall–Kier alpha value is -1.06. The van der Waals surface area contributed by atoms with Gasteiger partial charge in [-0.15, -0.1) is 0 Å². The summed E-state index contributed by atoms with van der Waals surface area (Å²) in [6.07, 6.45) is 4.21. The molecule has 0 spiro atoms. The van der Waals surface area contributed by atoms with Crippen molar-refractivity contribution in [3.05, 3.63) is 29.8 Å². The molecule has 2 N–H and O–H groups in total. The van der Waals surface area contributed by atoms with Crippen molar-refractivity contribution >= 4 is 0 Å². The zero-order chi connectivity index (χ0) is 12.1.